The van der Waals surface area contributed by atoms with Crippen LogP contribution in [0.3, 0.4) is 0 Å². The van der Waals surface area contributed by atoms with Crippen LogP contribution in [0.15, 0.2) is 121 Å². The van der Waals surface area contributed by atoms with Crippen molar-refractivity contribution in [3.63, 3.8) is 0 Å². The molecule has 0 saturated carbocycles. The van der Waals surface area contributed by atoms with Crippen molar-refractivity contribution in [2.45, 2.75) is 70.0 Å². The number of amides is 3. The monoisotopic (exact) mass is 716 g/mol. The minimum absolute atomic E-state index is 0.0559. The van der Waals surface area contributed by atoms with Crippen LogP contribution in [-0.4, -0.2) is 42.1 Å². The van der Waals surface area contributed by atoms with Gasteiger partial charge in [-0.25, -0.2) is 0 Å². The predicted molar refractivity (Wildman–Crippen MR) is 209 cm³/mol. The second-order valence-electron chi connectivity index (χ2n) is 13.1. The standard InChI is InChI=1S/C43H48N4O4S/c1-2-40(49)45-38(27-30-22-23-31-14-9-10-19-34(31)26-30)43(51)46-37(29-36-21-13-25-52-36)39(48)28-35(20-11-12-24-44)42(50)47-41(32-15-5-3-6-16-32)33-17-7-4-8-18-33/h3-10,13-19,21-23,25-26,35,37-38,41H,2,11-12,20,24,27-29,44H2,1H3,(H,45,49)(H,46,51)(H,47,50)/t35-,37+,38+/m1/s1. The van der Waals surface area contributed by atoms with Gasteiger partial charge in [-0.3, -0.25) is 19.2 Å². The minimum atomic E-state index is -0.896. The summed E-state index contributed by atoms with van der Waals surface area (Å²) >= 11 is 1.50. The molecule has 1 heterocycles. The van der Waals surface area contributed by atoms with Gasteiger partial charge in [0.1, 0.15) is 6.04 Å². The molecule has 5 aromatic rings. The van der Waals surface area contributed by atoms with Gasteiger partial charge in [0.25, 0.3) is 0 Å². The first-order chi connectivity index (χ1) is 25.3. The Balaban J connectivity index is 1.37. The van der Waals surface area contributed by atoms with Crippen molar-refractivity contribution in [2.24, 2.45) is 11.7 Å². The molecule has 9 heteroatoms. The third-order valence-electron chi connectivity index (χ3n) is 9.29. The van der Waals surface area contributed by atoms with Gasteiger partial charge in [0, 0.05) is 36.5 Å². The Kier molecular flexibility index (Phi) is 14.3. The van der Waals surface area contributed by atoms with Crippen molar-refractivity contribution in [1.82, 2.24) is 16.0 Å². The minimum Gasteiger partial charge on any atom is -0.345 e. The summed E-state index contributed by atoms with van der Waals surface area (Å²) in [6.45, 7) is 2.22. The second kappa shape index (κ2) is 19.5. The molecule has 5 N–H and O–H groups in total. The smallest absolute Gasteiger partial charge is 0.243 e. The van der Waals surface area contributed by atoms with Crippen LogP contribution in [-0.2, 0) is 32.0 Å². The Morgan fingerprint density at radius 1 is 0.673 bits per heavy atom. The number of hydrogen-bond donors (Lipinski definition) is 4. The molecule has 52 heavy (non-hydrogen) atoms. The molecule has 0 unspecified atom stereocenters. The number of thiophene rings is 1. The molecule has 1 aromatic heterocycles. The molecule has 4 aromatic carbocycles. The van der Waals surface area contributed by atoms with E-state index < -0.39 is 30.0 Å². The van der Waals surface area contributed by atoms with Crippen molar-refractivity contribution >= 4 is 45.6 Å². The van der Waals surface area contributed by atoms with Gasteiger partial charge in [-0.2, -0.15) is 0 Å². The molecule has 0 aliphatic rings. The number of rotatable bonds is 19. The molecule has 0 aliphatic carbocycles. The van der Waals surface area contributed by atoms with Gasteiger partial charge in [0.05, 0.1) is 12.1 Å². The van der Waals surface area contributed by atoms with Gasteiger partial charge in [0.15, 0.2) is 5.78 Å². The normalized spacial score (nSPS) is 12.9. The highest BCUT2D eigenvalue weighted by Gasteiger charge is 2.31. The molecule has 0 saturated heterocycles. The van der Waals surface area contributed by atoms with E-state index >= 15 is 0 Å². The summed E-state index contributed by atoms with van der Waals surface area (Å²) in [6, 6.07) is 35.1. The average Bonchev–Trinajstić information content (AvgIpc) is 3.69. The molecular weight excluding hydrogens is 669 g/mol. The number of fused-ring (bicyclic) bond motifs is 1. The molecule has 0 aliphatic heterocycles. The predicted octanol–water partition coefficient (Wildman–Crippen LogP) is 6.68. The molecule has 0 radical (unpaired) electrons. The van der Waals surface area contributed by atoms with E-state index in [1.54, 1.807) is 6.92 Å². The van der Waals surface area contributed by atoms with Crippen LogP contribution in [0.1, 0.15) is 66.6 Å². The van der Waals surface area contributed by atoms with E-state index in [4.69, 9.17) is 5.73 Å². The fourth-order valence-corrected chi connectivity index (χ4v) is 7.16. The van der Waals surface area contributed by atoms with Crippen molar-refractivity contribution in [1.29, 1.82) is 0 Å². The number of ketones is 1. The Labute approximate surface area is 310 Å². The lowest BCUT2D eigenvalue weighted by Gasteiger charge is -2.26. The average molecular weight is 717 g/mol. The number of benzene rings is 4. The zero-order chi connectivity index (χ0) is 36.7. The van der Waals surface area contributed by atoms with E-state index in [0.717, 1.165) is 38.8 Å². The maximum atomic E-state index is 14.3. The van der Waals surface area contributed by atoms with Crippen LogP contribution in [0.2, 0.25) is 0 Å². The first kappa shape index (κ1) is 38.1. The maximum Gasteiger partial charge on any atom is 0.243 e. The van der Waals surface area contributed by atoms with Crippen molar-refractivity contribution < 1.29 is 19.2 Å². The topological polar surface area (TPSA) is 130 Å². The molecule has 270 valence electrons. The van der Waals surface area contributed by atoms with Crippen LogP contribution in [0.25, 0.3) is 10.8 Å². The van der Waals surface area contributed by atoms with Crippen LogP contribution in [0.4, 0.5) is 0 Å². The number of nitrogens with two attached hydrogens (primary N) is 1. The summed E-state index contributed by atoms with van der Waals surface area (Å²) in [6.07, 6.45) is 2.57. The molecule has 5 rings (SSSR count). The van der Waals surface area contributed by atoms with E-state index in [2.05, 4.69) is 16.0 Å². The van der Waals surface area contributed by atoms with E-state index in [1.807, 2.05) is 121 Å². The Morgan fingerprint density at radius 3 is 1.98 bits per heavy atom. The highest BCUT2D eigenvalue weighted by Crippen LogP contribution is 2.25. The first-order valence-electron chi connectivity index (χ1n) is 18.1. The summed E-state index contributed by atoms with van der Waals surface area (Å²) in [5.74, 6) is -1.80. The van der Waals surface area contributed by atoms with Crippen LogP contribution < -0.4 is 21.7 Å². The van der Waals surface area contributed by atoms with Crippen molar-refractivity contribution in [2.75, 3.05) is 6.54 Å². The third kappa shape index (κ3) is 10.9. The van der Waals surface area contributed by atoms with Gasteiger partial charge >= 0.3 is 0 Å². The van der Waals surface area contributed by atoms with Crippen LogP contribution in [0, 0.1) is 5.92 Å². The number of carbonyl (C=O) groups excluding carboxylic acids is 4. The summed E-state index contributed by atoms with van der Waals surface area (Å²) in [7, 11) is 0. The fraction of sp³-hybridized carbons (Fsp3) is 0.302. The van der Waals surface area contributed by atoms with E-state index in [9.17, 15) is 19.2 Å². The molecule has 8 nitrogen and oxygen atoms in total. The quantitative estimate of drug-likeness (QED) is 0.0709. The molecular formula is C43H48N4O4S. The number of hydrogen-bond acceptors (Lipinski definition) is 6. The van der Waals surface area contributed by atoms with Gasteiger partial charge in [-0.15, -0.1) is 11.3 Å². The van der Waals surface area contributed by atoms with Gasteiger partial charge < -0.3 is 21.7 Å². The molecule has 0 bridgehead atoms. The largest absolute Gasteiger partial charge is 0.345 e. The lowest BCUT2D eigenvalue weighted by molar-refractivity contribution is -0.133. The lowest BCUT2D eigenvalue weighted by atomic mass is 9.90. The third-order valence-corrected chi connectivity index (χ3v) is 10.2. The highest BCUT2D eigenvalue weighted by atomic mass is 32.1. The maximum absolute atomic E-state index is 14.3. The fourth-order valence-electron chi connectivity index (χ4n) is 6.41. The van der Waals surface area contributed by atoms with Crippen molar-refractivity contribution in [3.8, 4) is 0 Å². The second-order valence-corrected chi connectivity index (χ2v) is 14.2. The van der Waals surface area contributed by atoms with Gasteiger partial charge in [-0.05, 0) is 58.3 Å². The van der Waals surface area contributed by atoms with E-state index in [0.29, 0.717) is 19.4 Å². The molecule has 0 spiro atoms. The van der Waals surface area contributed by atoms with Gasteiger partial charge in [0.2, 0.25) is 17.7 Å². The Hall–Kier alpha value is -5.12. The summed E-state index contributed by atoms with van der Waals surface area (Å²) in [4.78, 5) is 56.0. The summed E-state index contributed by atoms with van der Waals surface area (Å²) in [5.41, 5.74) is 8.57. The van der Waals surface area contributed by atoms with E-state index in [1.165, 1.54) is 11.3 Å². The summed E-state index contributed by atoms with van der Waals surface area (Å²) < 4.78 is 0. The Bertz CT molecular complexity index is 1860. The van der Waals surface area contributed by atoms with Gasteiger partial charge in [-0.1, -0.05) is 123 Å². The number of nitrogens with one attached hydrogen (secondary N) is 3. The SMILES string of the molecule is CCC(=O)N[C@@H](Cc1ccc2ccccc2c1)C(=O)N[C@@H](Cc1cccs1)C(=O)C[C@@H](CCCCN)C(=O)NC(c1ccccc1)c1ccccc1. The first-order valence-corrected chi connectivity index (χ1v) is 19.0. The number of unbranched alkanes of at least 4 members (excludes halogenated alkanes) is 1. The zero-order valence-electron chi connectivity index (χ0n) is 29.6. The van der Waals surface area contributed by atoms with E-state index in [-0.39, 0.29) is 43.3 Å². The van der Waals surface area contributed by atoms with Crippen molar-refractivity contribution in [3.05, 3.63) is 142 Å². The lowest BCUT2D eigenvalue weighted by Crippen LogP contribution is -2.53. The number of carbonyl (C=O) groups is 4. The summed E-state index contributed by atoms with van der Waals surface area (Å²) in [5, 5.41) is 13.2. The van der Waals surface area contributed by atoms with Crippen LogP contribution >= 0.6 is 11.3 Å². The molecule has 0 fully saturated rings. The molecule has 3 amide bonds. The zero-order valence-corrected chi connectivity index (χ0v) is 30.4. The Morgan fingerprint density at radius 2 is 1.35 bits per heavy atom. The highest BCUT2D eigenvalue weighted by molar-refractivity contribution is 7.09. The molecule has 3 atom stereocenters. The van der Waals surface area contributed by atoms with Crippen LogP contribution in [0.5, 0.6) is 0 Å². The number of Topliss-reactive ketones (excluding diaryl/α,β-unsaturated/α-hetero) is 1.